The third-order valence-electron chi connectivity index (χ3n) is 6.69. The quantitative estimate of drug-likeness (QED) is 0.727. The van der Waals surface area contributed by atoms with Gasteiger partial charge in [-0.25, -0.2) is 14.4 Å². The number of carbonyl (C=O) groups is 1. The Kier molecular flexibility index (Phi) is 4.50. The van der Waals surface area contributed by atoms with E-state index in [1.54, 1.807) is 17.2 Å². The molecule has 1 N–H and O–H groups in total. The smallest absolute Gasteiger partial charge is 0.238 e. The first kappa shape index (κ1) is 18.8. The number of nitrogens with one attached hydrogen (secondary N) is 1. The van der Waals surface area contributed by atoms with Crippen LogP contribution in [0.15, 0.2) is 24.4 Å². The average molecular weight is 415 g/mol. The summed E-state index contributed by atoms with van der Waals surface area (Å²) in [5.74, 6) is 1.14. The first-order valence-corrected chi connectivity index (χ1v) is 10.7. The Labute approximate surface area is 174 Å². The van der Waals surface area contributed by atoms with Gasteiger partial charge >= 0.3 is 0 Å². The molecule has 5 rings (SSSR count). The van der Waals surface area contributed by atoms with Crippen molar-refractivity contribution in [3.05, 3.63) is 46.6 Å². The second-order valence-electron chi connectivity index (χ2n) is 8.75. The maximum Gasteiger partial charge on any atom is 0.238 e. The first-order chi connectivity index (χ1) is 14.0. The number of rotatable bonds is 4. The molecule has 2 saturated carbocycles. The number of halogens is 2. The minimum absolute atomic E-state index is 0.0468. The molecular formula is C22H24ClFN4O. The summed E-state index contributed by atoms with van der Waals surface area (Å²) < 4.78 is 14.0. The van der Waals surface area contributed by atoms with Gasteiger partial charge < -0.3 is 10.2 Å². The summed E-state index contributed by atoms with van der Waals surface area (Å²) in [4.78, 5) is 23.4. The lowest BCUT2D eigenvalue weighted by molar-refractivity contribution is -0.120. The lowest BCUT2D eigenvalue weighted by Crippen LogP contribution is -2.32. The van der Waals surface area contributed by atoms with Gasteiger partial charge in [0.1, 0.15) is 11.6 Å². The number of nitrogens with zero attached hydrogens (tertiary/aromatic N) is 3. The SMILES string of the molecule is CC1CCC(Nc2nc(Cl)ncc2CN2C(=O)C3(CC3)c3ccc(F)cc32)CC1. The Morgan fingerprint density at radius 3 is 2.76 bits per heavy atom. The molecule has 1 aromatic carbocycles. The Morgan fingerprint density at radius 1 is 1.28 bits per heavy atom. The molecule has 1 amide bonds. The van der Waals surface area contributed by atoms with Gasteiger partial charge in [0.25, 0.3) is 0 Å². The number of anilines is 2. The molecule has 1 aromatic heterocycles. The lowest BCUT2D eigenvalue weighted by Gasteiger charge is -2.28. The molecule has 2 aromatic rings. The number of benzene rings is 1. The van der Waals surface area contributed by atoms with E-state index >= 15 is 0 Å². The summed E-state index contributed by atoms with van der Waals surface area (Å²) in [6.45, 7) is 2.59. The number of hydrogen-bond donors (Lipinski definition) is 1. The van der Waals surface area contributed by atoms with Crippen molar-refractivity contribution in [3.63, 3.8) is 0 Å². The van der Waals surface area contributed by atoms with Crippen molar-refractivity contribution in [1.29, 1.82) is 0 Å². The van der Waals surface area contributed by atoms with Gasteiger partial charge in [-0.1, -0.05) is 13.0 Å². The van der Waals surface area contributed by atoms with Crippen LogP contribution in [0.5, 0.6) is 0 Å². The van der Waals surface area contributed by atoms with Crippen molar-refractivity contribution in [2.24, 2.45) is 5.92 Å². The number of aromatic nitrogens is 2. The zero-order chi connectivity index (χ0) is 20.2. The van der Waals surface area contributed by atoms with E-state index < -0.39 is 5.41 Å². The summed E-state index contributed by atoms with van der Waals surface area (Å²) in [5, 5.41) is 3.70. The first-order valence-electron chi connectivity index (χ1n) is 10.4. The molecule has 0 radical (unpaired) electrons. The molecule has 0 atom stereocenters. The Bertz CT molecular complexity index is 969. The van der Waals surface area contributed by atoms with Crippen molar-refractivity contribution in [2.45, 2.75) is 63.5 Å². The zero-order valence-electron chi connectivity index (χ0n) is 16.4. The van der Waals surface area contributed by atoms with Crippen LogP contribution in [0.2, 0.25) is 5.28 Å². The van der Waals surface area contributed by atoms with Crippen molar-refractivity contribution in [3.8, 4) is 0 Å². The molecule has 152 valence electrons. The van der Waals surface area contributed by atoms with E-state index in [0.717, 1.165) is 42.7 Å². The Hall–Kier alpha value is -2.21. The number of hydrogen-bond acceptors (Lipinski definition) is 4. The minimum atomic E-state index is -0.455. The molecule has 3 aliphatic rings. The minimum Gasteiger partial charge on any atom is -0.367 e. The fraction of sp³-hybridized carbons (Fsp3) is 0.500. The van der Waals surface area contributed by atoms with E-state index in [9.17, 15) is 9.18 Å². The van der Waals surface area contributed by atoms with Crippen LogP contribution in [-0.2, 0) is 16.8 Å². The number of fused-ring (bicyclic) bond motifs is 2. The summed E-state index contributed by atoms with van der Waals surface area (Å²) >= 11 is 6.07. The van der Waals surface area contributed by atoms with Gasteiger partial charge in [-0.3, -0.25) is 4.79 Å². The third kappa shape index (κ3) is 3.27. The average Bonchev–Trinajstić information content (AvgIpc) is 3.47. The Balaban J connectivity index is 1.44. The van der Waals surface area contributed by atoms with Gasteiger partial charge in [0, 0.05) is 17.8 Å². The monoisotopic (exact) mass is 414 g/mol. The van der Waals surface area contributed by atoms with Gasteiger partial charge in [-0.2, -0.15) is 0 Å². The van der Waals surface area contributed by atoms with E-state index in [1.807, 2.05) is 0 Å². The summed E-state index contributed by atoms with van der Waals surface area (Å²) in [7, 11) is 0. The molecule has 0 saturated heterocycles. The van der Waals surface area contributed by atoms with Crippen molar-refractivity contribution < 1.29 is 9.18 Å². The van der Waals surface area contributed by atoms with E-state index in [4.69, 9.17) is 11.6 Å². The van der Waals surface area contributed by atoms with Crippen molar-refractivity contribution >= 4 is 29.0 Å². The lowest BCUT2D eigenvalue weighted by atomic mass is 9.87. The molecule has 7 heteroatoms. The predicted molar refractivity (Wildman–Crippen MR) is 111 cm³/mol. The van der Waals surface area contributed by atoms with Gasteiger partial charge in [-0.05, 0) is 73.7 Å². The molecular weight excluding hydrogens is 391 g/mol. The highest BCUT2D eigenvalue weighted by Gasteiger charge is 2.59. The Morgan fingerprint density at radius 2 is 2.03 bits per heavy atom. The van der Waals surface area contributed by atoms with E-state index in [0.29, 0.717) is 24.1 Å². The number of amides is 1. The molecule has 2 fully saturated rings. The second-order valence-corrected chi connectivity index (χ2v) is 9.09. The second kappa shape index (κ2) is 6.94. The van der Waals surface area contributed by atoms with Gasteiger partial charge in [0.15, 0.2) is 0 Å². The van der Waals surface area contributed by atoms with Crippen LogP contribution < -0.4 is 10.2 Å². The van der Waals surface area contributed by atoms with Crippen molar-refractivity contribution in [1.82, 2.24) is 9.97 Å². The molecule has 0 bridgehead atoms. The highest BCUT2D eigenvalue weighted by Crippen LogP contribution is 2.57. The topological polar surface area (TPSA) is 58.1 Å². The molecule has 2 heterocycles. The van der Waals surface area contributed by atoms with Crippen LogP contribution in [0, 0.1) is 11.7 Å². The highest BCUT2D eigenvalue weighted by atomic mass is 35.5. The van der Waals surface area contributed by atoms with Crippen LogP contribution in [-0.4, -0.2) is 21.9 Å². The third-order valence-corrected chi connectivity index (χ3v) is 6.87. The zero-order valence-corrected chi connectivity index (χ0v) is 17.2. The van der Waals surface area contributed by atoms with Gasteiger partial charge in [0.2, 0.25) is 11.2 Å². The van der Waals surface area contributed by atoms with Crippen LogP contribution >= 0.6 is 11.6 Å². The predicted octanol–water partition coefficient (Wildman–Crippen LogP) is 4.84. The maximum absolute atomic E-state index is 14.0. The van der Waals surface area contributed by atoms with E-state index in [2.05, 4.69) is 22.2 Å². The molecule has 5 nitrogen and oxygen atoms in total. The standard InChI is InChI=1S/C22H24ClFN4O/c1-13-2-5-16(6-3-13)26-19-14(11-25-21(23)27-19)12-28-18-10-15(24)4-7-17(18)22(8-9-22)20(28)29/h4,7,10-11,13,16H,2-3,5-6,8-9,12H2,1H3,(H,25,26,27). The summed E-state index contributed by atoms with van der Waals surface area (Å²) in [6.07, 6.45) is 7.86. The van der Waals surface area contributed by atoms with Crippen LogP contribution in [0.4, 0.5) is 15.9 Å². The molecule has 29 heavy (non-hydrogen) atoms. The summed E-state index contributed by atoms with van der Waals surface area (Å²) in [5.41, 5.74) is 1.95. The van der Waals surface area contributed by atoms with E-state index in [-0.39, 0.29) is 17.0 Å². The largest absolute Gasteiger partial charge is 0.367 e. The molecule has 0 unspecified atom stereocenters. The molecule has 1 spiro atoms. The van der Waals surface area contributed by atoms with Crippen molar-refractivity contribution in [2.75, 3.05) is 10.2 Å². The van der Waals surface area contributed by atoms with Gasteiger partial charge in [-0.15, -0.1) is 0 Å². The fourth-order valence-corrected chi connectivity index (χ4v) is 4.91. The van der Waals surface area contributed by atoms with Gasteiger partial charge in [0.05, 0.1) is 17.6 Å². The van der Waals surface area contributed by atoms with Crippen LogP contribution in [0.3, 0.4) is 0 Å². The van der Waals surface area contributed by atoms with E-state index in [1.165, 1.54) is 25.0 Å². The highest BCUT2D eigenvalue weighted by molar-refractivity contribution is 6.28. The number of carbonyl (C=O) groups excluding carboxylic acids is 1. The molecule has 2 aliphatic carbocycles. The molecule has 1 aliphatic heterocycles. The maximum atomic E-state index is 14.0. The fourth-order valence-electron chi connectivity index (χ4n) is 4.77. The van der Waals surface area contributed by atoms with Crippen LogP contribution in [0.25, 0.3) is 0 Å². The normalized spacial score (nSPS) is 24.7. The summed E-state index contributed by atoms with van der Waals surface area (Å²) in [6, 6.07) is 5.01. The van der Waals surface area contributed by atoms with Crippen LogP contribution in [0.1, 0.15) is 56.6 Å².